The Balaban J connectivity index is 1.45. The summed E-state index contributed by atoms with van der Waals surface area (Å²) in [5.41, 5.74) is 0.592. The predicted molar refractivity (Wildman–Crippen MR) is 104 cm³/mol. The molecule has 1 saturated carbocycles. The van der Waals surface area contributed by atoms with Crippen molar-refractivity contribution in [3.05, 3.63) is 28.2 Å². The van der Waals surface area contributed by atoms with Gasteiger partial charge >= 0.3 is 0 Å². The first-order valence-electron chi connectivity index (χ1n) is 8.93. The van der Waals surface area contributed by atoms with Crippen molar-refractivity contribution < 1.29 is 9.59 Å². The van der Waals surface area contributed by atoms with Gasteiger partial charge in [-0.1, -0.05) is 23.2 Å². The van der Waals surface area contributed by atoms with Gasteiger partial charge in [0.05, 0.1) is 12.6 Å². The van der Waals surface area contributed by atoms with E-state index in [2.05, 4.69) is 20.4 Å². The van der Waals surface area contributed by atoms with Gasteiger partial charge in [-0.05, 0) is 38.0 Å². The van der Waals surface area contributed by atoms with E-state index in [1.54, 1.807) is 18.2 Å². The van der Waals surface area contributed by atoms with E-state index in [0.29, 0.717) is 28.3 Å². The molecule has 142 valence electrons. The molecular formula is C18H24Cl2N4O2. The maximum atomic E-state index is 12.5. The second kappa shape index (κ2) is 8.57. The van der Waals surface area contributed by atoms with Gasteiger partial charge in [-0.3, -0.25) is 19.4 Å². The SMILES string of the molecule is C[C@@H](C(=O)Nc1cc(Cl)cc(Cl)c1)N1CCN(CC(=O)NC2CC2)CC1. The fourth-order valence-corrected chi connectivity index (χ4v) is 3.58. The van der Waals surface area contributed by atoms with Crippen molar-refractivity contribution in [1.82, 2.24) is 15.1 Å². The smallest absolute Gasteiger partial charge is 0.241 e. The number of hydrogen-bond acceptors (Lipinski definition) is 4. The molecule has 0 spiro atoms. The van der Waals surface area contributed by atoms with E-state index in [0.717, 1.165) is 39.0 Å². The third-order valence-corrected chi connectivity index (χ3v) is 5.21. The number of carbonyl (C=O) groups is 2. The lowest BCUT2D eigenvalue weighted by Crippen LogP contribution is -2.54. The first-order chi connectivity index (χ1) is 12.4. The number of nitrogens with one attached hydrogen (secondary N) is 2. The molecule has 6 nitrogen and oxygen atoms in total. The Kier molecular flexibility index (Phi) is 6.40. The average molecular weight is 399 g/mol. The van der Waals surface area contributed by atoms with Crippen LogP contribution in [-0.4, -0.2) is 66.4 Å². The van der Waals surface area contributed by atoms with Gasteiger partial charge in [-0.15, -0.1) is 0 Å². The standard InChI is InChI=1S/C18H24Cl2N4O2/c1-12(18(26)22-16-9-13(19)8-14(20)10-16)24-6-4-23(5-7-24)11-17(25)21-15-2-3-15/h8-10,12,15H,2-7,11H2,1H3,(H,21,25)(H,22,26)/t12-/m0/s1. The first-order valence-corrected chi connectivity index (χ1v) is 9.69. The van der Waals surface area contributed by atoms with E-state index in [1.165, 1.54) is 0 Å². The molecule has 1 aromatic carbocycles. The Labute approximate surface area is 163 Å². The molecule has 2 aliphatic rings. The number of rotatable bonds is 6. The highest BCUT2D eigenvalue weighted by atomic mass is 35.5. The van der Waals surface area contributed by atoms with E-state index in [9.17, 15) is 9.59 Å². The normalized spacial score (nSPS) is 19.8. The lowest BCUT2D eigenvalue weighted by atomic mass is 10.2. The molecule has 3 rings (SSSR count). The Hall–Kier alpha value is -1.34. The fourth-order valence-electron chi connectivity index (χ4n) is 3.05. The van der Waals surface area contributed by atoms with Crippen molar-refractivity contribution in [2.75, 3.05) is 38.0 Å². The first kappa shape index (κ1) is 19.4. The van der Waals surface area contributed by atoms with Gasteiger partial charge in [0.2, 0.25) is 11.8 Å². The van der Waals surface area contributed by atoms with E-state index in [1.807, 2.05) is 6.92 Å². The van der Waals surface area contributed by atoms with Crippen LogP contribution < -0.4 is 10.6 Å². The summed E-state index contributed by atoms with van der Waals surface area (Å²) in [4.78, 5) is 28.7. The summed E-state index contributed by atoms with van der Waals surface area (Å²) >= 11 is 11.9. The molecule has 1 aliphatic carbocycles. The highest BCUT2D eigenvalue weighted by molar-refractivity contribution is 6.35. The number of carbonyl (C=O) groups excluding carboxylic acids is 2. The van der Waals surface area contributed by atoms with E-state index in [4.69, 9.17) is 23.2 Å². The average Bonchev–Trinajstić information content (AvgIpc) is 3.37. The summed E-state index contributed by atoms with van der Waals surface area (Å²) in [7, 11) is 0. The number of halogens is 2. The van der Waals surface area contributed by atoms with E-state index >= 15 is 0 Å². The van der Waals surface area contributed by atoms with Gasteiger partial charge in [0.15, 0.2) is 0 Å². The molecule has 2 N–H and O–H groups in total. The minimum atomic E-state index is -0.268. The van der Waals surface area contributed by atoms with Crippen molar-refractivity contribution >= 4 is 40.7 Å². The molecule has 1 saturated heterocycles. The minimum absolute atomic E-state index is 0.0942. The van der Waals surface area contributed by atoms with E-state index < -0.39 is 0 Å². The van der Waals surface area contributed by atoms with Gasteiger partial charge in [0.1, 0.15) is 0 Å². The quantitative estimate of drug-likeness (QED) is 0.770. The monoisotopic (exact) mass is 398 g/mol. The Morgan fingerprint density at radius 2 is 1.73 bits per heavy atom. The topological polar surface area (TPSA) is 64.7 Å². The van der Waals surface area contributed by atoms with Crippen LogP contribution in [0.15, 0.2) is 18.2 Å². The molecule has 1 heterocycles. The number of nitrogens with zero attached hydrogens (tertiary/aromatic N) is 2. The molecule has 8 heteroatoms. The zero-order chi connectivity index (χ0) is 18.7. The zero-order valence-corrected chi connectivity index (χ0v) is 16.3. The van der Waals surface area contributed by atoms with Crippen LogP contribution in [0.5, 0.6) is 0 Å². The number of amides is 2. The van der Waals surface area contributed by atoms with Crippen molar-refractivity contribution in [2.24, 2.45) is 0 Å². The Bertz CT molecular complexity index is 653. The van der Waals surface area contributed by atoms with Crippen LogP contribution in [-0.2, 0) is 9.59 Å². The molecular weight excluding hydrogens is 375 g/mol. The van der Waals surface area contributed by atoms with Gasteiger partial charge in [0, 0.05) is 48.0 Å². The molecule has 2 amide bonds. The molecule has 1 atom stereocenters. The van der Waals surface area contributed by atoms with Gasteiger partial charge in [0.25, 0.3) is 0 Å². The van der Waals surface area contributed by atoms with Crippen molar-refractivity contribution in [3.63, 3.8) is 0 Å². The highest BCUT2D eigenvalue weighted by Crippen LogP contribution is 2.23. The molecule has 1 aliphatic heterocycles. The van der Waals surface area contributed by atoms with Crippen LogP contribution in [0, 0.1) is 0 Å². The van der Waals surface area contributed by atoms with Crippen molar-refractivity contribution in [1.29, 1.82) is 0 Å². The molecule has 1 aromatic rings. The lowest BCUT2D eigenvalue weighted by molar-refractivity contribution is -0.124. The molecule has 0 unspecified atom stereocenters. The van der Waals surface area contributed by atoms with Crippen LogP contribution in [0.4, 0.5) is 5.69 Å². The molecule has 0 aromatic heterocycles. The second-order valence-electron chi connectivity index (χ2n) is 6.98. The van der Waals surface area contributed by atoms with Crippen LogP contribution in [0.25, 0.3) is 0 Å². The van der Waals surface area contributed by atoms with Crippen LogP contribution >= 0.6 is 23.2 Å². The van der Waals surface area contributed by atoms with Crippen molar-refractivity contribution in [3.8, 4) is 0 Å². The molecule has 0 bridgehead atoms. The van der Waals surface area contributed by atoms with Gasteiger partial charge in [-0.2, -0.15) is 0 Å². The molecule has 26 heavy (non-hydrogen) atoms. The number of hydrogen-bond donors (Lipinski definition) is 2. The summed E-state index contributed by atoms with van der Waals surface area (Å²) in [6.07, 6.45) is 2.20. The highest BCUT2D eigenvalue weighted by Gasteiger charge is 2.28. The number of benzene rings is 1. The van der Waals surface area contributed by atoms with Crippen LogP contribution in [0.3, 0.4) is 0 Å². The maximum Gasteiger partial charge on any atom is 0.241 e. The Morgan fingerprint density at radius 3 is 2.31 bits per heavy atom. The summed E-state index contributed by atoms with van der Waals surface area (Å²) < 4.78 is 0. The minimum Gasteiger partial charge on any atom is -0.352 e. The van der Waals surface area contributed by atoms with Gasteiger partial charge < -0.3 is 10.6 Å². The van der Waals surface area contributed by atoms with Crippen molar-refractivity contribution in [2.45, 2.75) is 31.8 Å². The number of piperazine rings is 1. The largest absolute Gasteiger partial charge is 0.352 e. The maximum absolute atomic E-state index is 12.5. The zero-order valence-electron chi connectivity index (χ0n) is 14.8. The summed E-state index contributed by atoms with van der Waals surface area (Å²) in [5.74, 6) is 0.00726. The fraction of sp³-hybridized carbons (Fsp3) is 0.556. The Morgan fingerprint density at radius 1 is 1.12 bits per heavy atom. The molecule has 2 fully saturated rings. The summed E-state index contributed by atoms with van der Waals surface area (Å²) in [5, 5.41) is 6.84. The second-order valence-corrected chi connectivity index (χ2v) is 7.85. The third-order valence-electron chi connectivity index (χ3n) is 4.77. The van der Waals surface area contributed by atoms with Gasteiger partial charge in [-0.25, -0.2) is 0 Å². The lowest BCUT2D eigenvalue weighted by Gasteiger charge is -2.37. The molecule has 0 radical (unpaired) electrons. The third kappa shape index (κ3) is 5.58. The van der Waals surface area contributed by atoms with Crippen LogP contribution in [0.1, 0.15) is 19.8 Å². The van der Waals surface area contributed by atoms with E-state index in [-0.39, 0.29) is 17.9 Å². The summed E-state index contributed by atoms with van der Waals surface area (Å²) in [6, 6.07) is 5.10. The van der Waals surface area contributed by atoms with Crippen LogP contribution in [0.2, 0.25) is 10.0 Å². The summed E-state index contributed by atoms with van der Waals surface area (Å²) in [6.45, 7) is 5.38. The number of anilines is 1. The predicted octanol–water partition coefficient (Wildman–Crippen LogP) is 2.22.